The Bertz CT molecular complexity index is 1260. The topological polar surface area (TPSA) is 86.8 Å². The highest BCUT2D eigenvalue weighted by Crippen LogP contribution is 2.39. The number of rotatable bonds is 5. The van der Waals surface area contributed by atoms with E-state index >= 15 is 0 Å². The van der Waals surface area contributed by atoms with Gasteiger partial charge in [0, 0.05) is 29.9 Å². The first-order valence-corrected chi connectivity index (χ1v) is 13.2. The molecule has 1 aliphatic heterocycles. The third-order valence-electron chi connectivity index (χ3n) is 8.02. The number of imide groups is 1. The molecule has 2 aliphatic carbocycles. The van der Waals surface area contributed by atoms with Crippen molar-refractivity contribution in [2.45, 2.75) is 57.9 Å². The van der Waals surface area contributed by atoms with Gasteiger partial charge in [0.2, 0.25) is 11.8 Å². The van der Waals surface area contributed by atoms with E-state index in [1.54, 1.807) is 48.5 Å². The van der Waals surface area contributed by atoms with E-state index in [2.05, 4.69) is 5.32 Å². The average molecular weight is 500 g/mol. The van der Waals surface area contributed by atoms with Crippen LogP contribution >= 0.6 is 0 Å². The van der Waals surface area contributed by atoms with E-state index in [9.17, 15) is 19.2 Å². The monoisotopic (exact) mass is 499 g/mol. The molecule has 7 nitrogen and oxygen atoms in total. The molecule has 1 saturated carbocycles. The Morgan fingerprint density at radius 3 is 2.35 bits per heavy atom. The zero-order valence-corrected chi connectivity index (χ0v) is 21.4. The summed E-state index contributed by atoms with van der Waals surface area (Å²) < 4.78 is 0. The maximum absolute atomic E-state index is 13.1. The molecule has 3 aliphatic rings. The Morgan fingerprint density at radius 2 is 1.62 bits per heavy atom. The predicted molar refractivity (Wildman–Crippen MR) is 142 cm³/mol. The first-order valence-electron chi connectivity index (χ1n) is 13.2. The van der Waals surface area contributed by atoms with Crippen molar-refractivity contribution in [3.05, 3.63) is 71.3 Å². The van der Waals surface area contributed by atoms with Gasteiger partial charge in [-0.1, -0.05) is 37.0 Å². The minimum atomic E-state index is -0.353. The summed E-state index contributed by atoms with van der Waals surface area (Å²) in [4.78, 5) is 55.0. The molecule has 1 saturated heterocycles. The number of fused-ring (bicyclic) bond motifs is 1. The first-order chi connectivity index (χ1) is 17.8. The number of hydrogen-bond acceptors (Lipinski definition) is 4. The standard InChI is InChI=1S/C30H33N3O4/c1-19-11-16-25-26(17-19)30(37)33(29(25)36)24-10-6-7-21(18-24)27(34)31-22-14-12-20(13-15-22)28(35)32(2)23-8-4-3-5-9-23/h6-7,10-15,18,23,25-26H,3-5,8-9,16-17H2,1-2H3,(H,31,34)/t25-,26-/m1/s1. The summed E-state index contributed by atoms with van der Waals surface area (Å²) in [5.41, 5.74) is 3.05. The second-order valence-electron chi connectivity index (χ2n) is 10.5. The van der Waals surface area contributed by atoms with Crippen LogP contribution in [0, 0.1) is 11.8 Å². The van der Waals surface area contributed by atoms with Crippen LogP contribution in [0.1, 0.15) is 72.6 Å². The number of allylic oxidation sites excluding steroid dienone is 2. The predicted octanol–water partition coefficient (Wildman–Crippen LogP) is 5.19. The van der Waals surface area contributed by atoms with Crippen LogP contribution < -0.4 is 10.2 Å². The maximum Gasteiger partial charge on any atom is 0.255 e. The van der Waals surface area contributed by atoms with Crippen molar-refractivity contribution in [3.8, 4) is 0 Å². The molecule has 192 valence electrons. The summed E-state index contributed by atoms with van der Waals surface area (Å²) in [6.07, 6.45) is 8.85. The molecule has 37 heavy (non-hydrogen) atoms. The quantitative estimate of drug-likeness (QED) is 0.453. The van der Waals surface area contributed by atoms with Crippen molar-refractivity contribution < 1.29 is 19.2 Å². The number of nitrogens with zero attached hydrogens (tertiary/aromatic N) is 2. The van der Waals surface area contributed by atoms with Gasteiger partial charge >= 0.3 is 0 Å². The Balaban J connectivity index is 1.26. The fourth-order valence-electron chi connectivity index (χ4n) is 5.82. The number of carbonyl (C=O) groups is 4. The van der Waals surface area contributed by atoms with E-state index in [0.717, 1.165) is 31.3 Å². The lowest BCUT2D eigenvalue weighted by molar-refractivity contribution is -0.122. The fourth-order valence-corrected chi connectivity index (χ4v) is 5.82. The van der Waals surface area contributed by atoms with Gasteiger partial charge in [0.1, 0.15) is 0 Å². The zero-order valence-electron chi connectivity index (χ0n) is 21.4. The van der Waals surface area contributed by atoms with Crippen LogP contribution in [-0.2, 0) is 9.59 Å². The fraction of sp³-hybridized carbons (Fsp3) is 0.400. The smallest absolute Gasteiger partial charge is 0.255 e. The second-order valence-corrected chi connectivity index (χ2v) is 10.5. The molecule has 1 N–H and O–H groups in total. The Kier molecular flexibility index (Phi) is 6.96. The Morgan fingerprint density at radius 1 is 0.919 bits per heavy atom. The lowest BCUT2D eigenvalue weighted by Gasteiger charge is -2.31. The van der Waals surface area contributed by atoms with Gasteiger partial charge in [0.05, 0.1) is 17.5 Å². The van der Waals surface area contributed by atoms with Gasteiger partial charge in [-0.15, -0.1) is 0 Å². The first kappa shape index (κ1) is 24.9. The van der Waals surface area contributed by atoms with Crippen molar-refractivity contribution >= 4 is 35.0 Å². The molecule has 0 spiro atoms. The number of amides is 4. The Labute approximate surface area is 217 Å². The molecule has 1 heterocycles. The van der Waals surface area contributed by atoms with Crippen LogP contribution in [0.5, 0.6) is 0 Å². The average Bonchev–Trinajstić information content (AvgIpc) is 3.17. The normalized spacial score (nSPS) is 21.9. The highest BCUT2D eigenvalue weighted by atomic mass is 16.2. The molecule has 2 fully saturated rings. The minimum absolute atomic E-state index is 0.0108. The summed E-state index contributed by atoms with van der Waals surface area (Å²) in [5, 5.41) is 2.85. The molecular weight excluding hydrogens is 466 g/mol. The molecule has 4 amide bonds. The van der Waals surface area contributed by atoms with Crippen LogP contribution in [0.4, 0.5) is 11.4 Å². The maximum atomic E-state index is 13.1. The number of carbonyl (C=O) groups excluding carboxylic acids is 4. The molecular formula is C30H33N3O4. The third kappa shape index (κ3) is 4.95. The second kappa shape index (κ2) is 10.3. The molecule has 0 radical (unpaired) electrons. The summed E-state index contributed by atoms with van der Waals surface area (Å²) in [6.45, 7) is 1.99. The van der Waals surface area contributed by atoms with E-state index in [4.69, 9.17) is 0 Å². The zero-order chi connectivity index (χ0) is 26.1. The van der Waals surface area contributed by atoms with Crippen LogP contribution in [0.3, 0.4) is 0 Å². The van der Waals surface area contributed by atoms with E-state index in [1.807, 2.05) is 24.9 Å². The number of anilines is 2. The van der Waals surface area contributed by atoms with E-state index in [0.29, 0.717) is 35.3 Å². The largest absolute Gasteiger partial charge is 0.339 e. The van der Waals surface area contributed by atoms with Crippen LogP contribution in [0.2, 0.25) is 0 Å². The molecule has 0 unspecified atom stereocenters. The molecule has 2 aromatic rings. The van der Waals surface area contributed by atoms with Gasteiger partial charge in [-0.25, -0.2) is 0 Å². The van der Waals surface area contributed by atoms with Crippen molar-refractivity contribution in [1.29, 1.82) is 0 Å². The van der Waals surface area contributed by atoms with Crippen LogP contribution in [0.15, 0.2) is 60.2 Å². The van der Waals surface area contributed by atoms with Gasteiger partial charge in [0.15, 0.2) is 0 Å². The van der Waals surface area contributed by atoms with E-state index in [-0.39, 0.29) is 41.5 Å². The van der Waals surface area contributed by atoms with Crippen LogP contribution in [-0.4, -0.2) is 41.6 Å². The lowest BCUT2D eigenvalue weighted by atomic mass is 9.82. The van der Waals surface area contributed by atoms with Gasteiger partial charge in [-0.3, -0.25) is 24.1 Å². The third-order valence-corrected chi connectivity index (χ3v) is 8.02. The minimum Gasteiger partial charge on any atom is -0.339 e. The van der Waals surface area contributed by atoms with Crippen molar-refractivity contribution in [1.82, 2.24) is 4.90 Å². The van der Waals surface area contributed by atoms with Crippen molar-refractivity contribution in [2.24, 2.45) is 11.8 Å². The Hall–Kier alpha value is -3.74. The number of benzene rings is 2. The lowest BCUT2D eigenvalue weighted by Crippen LogP contribution is -2.38. The van der Waals surface area contributed by atoms with E-state index < -0.39 is 0 Å². The number of hydrogen-bond donors (Lipinski definition) is 1. The van der Waals surface area contributed by atoms with Gasteiger partial charge < -0.3 is 10.2 Å². The molecule has 5 rings (SSSR count). The molecule has 0 bridgehead atoms. The molecule has 2 aromatic carbocycles. The van der Waals surface area contributed by atoms with E-state index in [1.165, 1.54) is 11.3 Å². The molecule has 0 aromatic heterocycles. The molecule has 7 heteroatoms. The van der Waals surface area contributed by atoms with Crippen molar-refractivity contribution in [2.75, 3.05) is 17.3 Å². The summed E-state index contributed by atoms with van der Waals surface area (Å²) in [6, 6.07) is 13.8. The summed E-state index contributed by atoms with van der Waals surface area (Å²) >= 11 is 0. The SMILES string of the molecule is CC1=CC[C@H]2C(=O)N(c3cccc(C(=O)Nc4ccc(C(=O)N(C)C5CCCCC5)cc4)c3)C(=O)[C@@H]2C1. The summed E-state index contributed by atoms with van der Waals surface area (Å²) in [7, 11) is 1.86. The van der Waals surface area contributed by atoms with Gasteiger partial charge in [0.25, 0.3) is 11.8 Å². The van der Waals surface area contributed by atoms with Gasteiger partial charge in [-0.05, 0) is 75.1 Å². The molecule has 2 atom stereocenters. The summed E-state index contributed by atoms with van der Waals surface area (Å²) in [5.74, 6) is -1.41. The van der Waals surface area contributed by atoms with Crippen molar-refractivity contribution in [3.63, 3.8) is 0 Å². The van der Waals surface area contributed by atoms with Gasteiger partial charge in [-0.2, -0.15) is 0 Å². The van der Waals surface area contributed by atoms with Crippen LogP contribution in [0.25, 0.3) is 0 Å². The number of nitrogens with one attached hydrogen (secondary N) is 1. The highest BCUT2D eigenvalue weighted by Gasteiger charge is 2.48. The highest BCUT2D eigenvalue weighted by molar-refractivity contribution is 6.22.